The summed E-state index contributed by atoms with van der Waals surface area (Å²) in [5.74, 6) is 0.767. The molecule has 17 heavy (non-hydrogen) atoms. The molecule has 3 rings (SSSR count). The first-order valence-corrected chi connectivity index (χ1v) is 6.17. The molecule has 2 aliphatic rings. The first kappa shape index (κ1) is 10.8. The second kappa shape index (κ2) is 3.33. The zero-order chi connectivity index (χ0) is 12.2. The van der Waals surface area contributed by atoms with Crippen LogP contribution in [0.4, 0.5) is 0 Å². The van der Waals surface area contributed by atoms with Crippen molar-refractivity contribution in [2.45, 2.75) is 44.6 Å². The summed E-state index contributed by atoms with van der Waals surface area (Å²) in [4.78, 5) is 11.6. The molecule has 2 atom stereocenters. The highest BCUT2D eigenvalue weighted by atomic mass is 16.4. The maximum atomic E-state index is 11.6. The van der Waals surface area contributed by atoms with Crippen molar-refractivity contribution >= 4 is 6.08 Å². The van der Waals surface area contributed by atoms with Crippen molar-refractivity contribution in [1.29, 1.82) is 0 Å². The van der Waals surface area contributed by atoms with Gasteiger partial charge in [-0.1, -0.05) is 25.5 Å². The second-order valence-electron chi connectivity index (χ2n) is 5.44. The van der Waals surface area contributed by atoms with Gasteiger partial charge in [-0.25, -0.2) is 4.79 Å². The van der Waals surface area contributed by atoms with Crippen LogP contribution in [0, 0.1) is 0 Å². The molecule has 2 N–H and O–H groups in total. The van der Waals surface area contributed by atoms with Gasteiger partial charge in [0.1, 0.15) is 5.76 Å². The fourth-order valence-electron chi connectivity index (χ4n) is 3.03. The van der Waals surface area contributed by atoms with E-state index in [9.17, 15) is 4.79 Å². The van der Waals surface area contributed by atoms with E-state index in [1.165, 1.54) is 5.57 Å². The Balaban J connectivity index is 2.33. The van der Waals surface area contributed by atoms with Crippen molar-refractivity contribution in [3.8, 4) is 0 Å². The standard InChI is InChI=1S/C14H17NO2/c1-3-14(2)7-8-4-9-10(14)5-13(16)17-12(9)6-11(8)15/h4-5,11H,3,6-7,15H2,1-2H3. The lowest BCUT2D eigenvalue weighted by Gasteiger charge is -2.39. The number of rotatable bonds is 1. The Labute approximate surface area is 100 Å². The van der Waals surface area contributed by atoms with Crippen LogP contribution in [-0.4, -0.2) is 6.04 Å². The molecule has 3 nitrogen and oxygen atoms in total. The van der Waals surface area contributed by atoms with Gasteiger partial charge >= 0.3 is 5.63 Å². The van der Waals surface area contributed by atoms with Crippen LogP contribution >= 0.6 is 0 Å². The first-order valence-electron chi connectivity index (χ1n) is 6.17. The zero-order valence-corrected chi connectivity index (χ0v) is 10.2. The average Bonchev–Trinajstić information content (AvgIpc) is 2.29. The van der Waals surface area contributed by atoms with Gasteiger partial charge in [-0.05, 0) is 23.8 Å². The van der Waals surface area contributed by atoms with Gasteiger partial charge in [0.25, 0.3) is 0 Å². The van der Waals surface area contributed by atoms with Crippen molar-refractivity contribution in [2.24, 2.45) is 5.73 Å². The van der Waals surface area contributed by atoms with Crippen LogP contribution in [0.2, 0.25) is 0 Å². The first-order chi connectivity index (χ1) is 8.03. The van der Waals surface area contributed by atoms with E-state index in [0.29, 0.717) is 6.42 Å². The summed E-state index contributed by atoms with van der Waals surface area (Å²) in [6.07, 6.45) is 4.75. The smallest absolute Gasteiger partial charge is 0.336 e. The predicted octanol–water partition coefficient (Wildman–Crippen LogP) is 1.98. The minimum absolute atomic E-state index is 0.00655. The normalized spacial score (nSPS) is 30.1. The molecular formula is C14H17NO2. The average molecular weight is 231 g/mol. The largest absolute Gasteiger partial charge is 0.427 e. The number of nitrogens with two attached hydrogens (primary N) is 1. The molecule has 1 aromatic heterocycles. The van der Waals surface area contributed by atoms with Crippen molar-refractivity contribution in [3.05, 3.63) is 38.9 Å². The Morgan fingerprint density at radius 3 is 3.06 bits per heavy atom. The summed E-state index contributed by atoms with van der Waals surface area (Å²) in [5.41, 5.74) is 9.46. The molecule has 2 unspecified atom stereocenters. The molecule has 0 saturated carbocycles. The zero-order valence-electron chi connectivity index (χ0n) is 10.2. The van der Waals surface area contributed by atoms with E-state index in [2.05, 4.69) is 19.9 Å². The van der Waals surface area contributed by atoms with Gasteiger partial charge in [0.05, 0.1) is 0 Å². The van der Waals surface area contributed by atoms with E-state index in [1.807, 2.05) is 0 Å². The van der Waals surface area contributed by atoms with Gasteiger partial charge in [0.15, 0.2) is 0 Å². The summed E-state index contributed by atoms with van der Waals surface area (Å²) in [6.45, 7) is 4.37. The van der Waals surface area contributed by atoms with Crippen LogP contribution in [-0.2, 0) is 11.8 Å². The third kappa shape index (κ3) is 1.42. The Kier molecular flexibility index (Phi) is 2.11. The summed E-state index contributed by atoms with van der Waals surface area (Å²) in [6, 6.07) is 1.67. The van der Waals surface area contributed by atoms with Crippen molar-refractivity contribution in [1.82, 2.24) is 0 Å². The van der Waals surface area contributed by atoms with E-state index in [0.717, 1.165) is 29.7 Å². The molecule has 2 aliphatic carbocycles. The number of hydrogen-bond acceptors (Lipinski definition) is 3. The fourth-order valence-corrected chi connectivity index (χ4v) is 3.03. The highest BCUT2D eigenvalue weighted by Crippen LogP contribution is 2.44. The molecule has 0 radical (unpaired) electrons. The van der Waals surface area contributed by atoms with Gasteiger partial charge in [0.2, 0.25) is 0 Å². The molecule has 2 bridgehead atoms. The van der Waals surface area contributed by atoms with Crippen LogP contribution in [0.15, 0.2) is 20.9 Å². The summed E-state index contributed by atoms with van der Waals surface area (Å²) < 4.78 is 5.29. The molecule has 0 amide bonds. The lowest BCUT2D eigenvalue weighted by molar-refractivity contribution is 0.381. The monoisotopic (exact) mass is 231 g/mol. The molecule has 3 heteroatoms. The minimum atomic E-state index is -0.246. The third-order valence-electron chi connectivity index (χ3n) is 4.31. The maximum absolute atomic E-state index is 11.6. The Morgan fingerprint density at radius 1 is 1.59 bits per heavy atom. The molecule has 1 aromatic rings. The van der Waals surface area contributed by atoms with E-state index in [-0.39, 0.29) is 17.1 Å². The highest BCUT2D eigenvalue weighted by Gasteiger charge is 2.38. The van der Waals surface area contributed by atoms with Crippen molar-refractivity contribution in [2.75, 3.05) is 0 Å². The lowest BCUT2D eigenvalue weighted by Crippen LogP contribution is -2.38. The predicted molar refractivity (Wildman–Crippen MR) is 66.9 cm³/mol. The topological polar surface area (TPSA) is 56.2 Å². The van der Waals surface area contributed by atoms with Crippen LogP contribution in [0.3, 0.4) is 0 Å². The fraction of sp³-hybridized carbons (Fsp3) is 0.500. The molecule has 0 fully saturated rings. The van der Waals surface area contributed by atoms with Gasteiger partial charge < -0.3 is 10.2 Å². The maximum Gasteiger partial charge on any atom is 0.336 e. The lowest BCUT2D eigenvalue weighted by atomic mass is 9.66. The van der Waals surface area contributed by atoms with E-state index in [4.69, 9.17) is 10.2 Å². The van der Waals surface area contributed by atoms with E-state index < -0.39 is 0 Å². The highest BCUT2D eigenvalue weighted by molar-refractivity contribution is 5.67. The van der Waals surface area contributed by atoms with Gasteiger partial charge in [-0.15, -0.1) is 0 Å². The van der Waals surface area contributed by atoms with Crippen LogP contribution < -0.4 is 11.4 Å². The number of hydrogen-bond donors (Lipinski definition) is 1. The quantitative estimate of drug-likeness (QED) is 0.804. The van der Waals surface area contributed by atoms with Crippen LogP contribution in [0.25, 0.3) is 6.08 Å². The van der Waals surface area contributed by atoms with Gasteiger partial charge in [-0.3, -0.25) is 0 Å². The van der Waals surface area contributed by atoms with E-state index in [1.54, 1.807) is 6.07 Å². The van der Waals surface area contributed by atoms with Crippen molar-refractivity contribution < 1.29 is 4.42 Å². The Morgan fingerprint density at radius 2 is 2.35 bits per heavy atom. The van der Waals surface area contributed by atoms with Crippen LogP contribution in [0.5, 0.6) is 0 Å². The van der Waals surface area contributed by atoms with Gasteiger partial charge in [-0.2, -0.15) is 0 Å². The third-order valence-corrected chi connectivity index (χ3v) is 4.31. The molecule has 0 spiro atoms. The molecule has 0 saturated heterocycles. The van der Waals surface area contributed by atoms with Crippen molar-refractivity contribution in [3.63, 3.8) is 0 Å². The molecule has 0 aliphatic heterocycles. The Bertz CT molecular complexity index is 570. The van der Waals surface area contributed by atoms with Gasteiger partial charge in [0, 0.05) is 24.1 Å². The summed E-state index contributed by atoms with van der Waals surface area (Å²) in [7, 11) is 0. The summed E-state index contributed by atoms with van der Waals surface area (Å²) in [5, 5.41) is 0. The minimum Gasteiger partial charge on any atom is -0.427 e. The molecular weight excluding hydrogens is 214 g/mol. The molecule has 90 valence electrons. The van der Waals surface area contributed by atoms with E-state index >= 15 is 0 Å². The second-order valence-corrected chi connectivity index (χ2v) is 5.44. The van der Waals surface area contributed by atoms with Crippen LogP contribution in [0.1, 0.15) is 43.6 Å². The Hall–Kier alpha value is -1.35. The molecule has 1 heterocycles. The molecule has 0 aromatic carbocycles. The SMILES string of the molecule is CCC1(C)CC2=Cc3c1cc(=O)oc3CC2N. The summed E-state index contributed by atoms with van der Waals surface area (Å²) >= 11 is 0.